The first-order chi connectivity index (χ1) is 10.3. The van der Waals surface area contributed by atoms with Crippen LogP contribution in [-0.2, 0) is 0 Å². The van der Waals surface area contributed by atoms with Crippen molar-refractivity contribution >= 4 is 11.8 Å². The van der Waals surface area contributed by atoms with Crippen LogP contribution in [0.25, 0.3) is 0 Å². The lowest BCUT2D eigenvalue weighted by Crippen LogP contribution is -2.40. The summed E-state index contributed by atoms with van der Waals surface area (Å²) in [6, 6.07) is 9.46. The Kier molecular flexibility index (Phi) is 6.91. The minimum Gasteiger partial charge on any atom is -0.492 e. The lowest BCUT2D eigenvalue weighted by molar-refractivity contribution is 0.211. The molecule has 1 atom stereocenters. The zero-order valence-electron chi connectivity index (χ0n) is 12.8. The van der Waals surface area contributed by atoms with Crippen LogP contribution in [0.1, 0.15) is 31.7 Å². The van der Waals surface area contributed by atoms with Crippen LogP contribution in [0.5, 0.6) is 5.75 Å². The van der Waals surface area contributed by atoms with Crippen molar-refractivity contribution in [3.8, 4) is 11.8 Å². The van der Waals surface area contributed by atoms with Gasteiger partial charge < -0.3 is 4.74 Å². The van der Waals surface area contributed by atoms with Gasteiger partial charge in [-0.2, -0.15) is 17.0 Å². The molecule has 1 aliphatic heterocycles. The summed E-state index contributed by atoms with van der Waals surface area (Å²) in [4.78, 5) is 2.51. The molecule has 0 saturated carbocycles. The Hall–Kier alpha value is -1.18. The minimum absolute atomic E-state index is 0.675. The van der Waals surface area contributed by atoms with Gasteiger partial charge in [-0.15, -0.1) is 0 Å². The first kappa shape index (κ1) is 16.2. The largest absolute Gasteiger partial charge is 0.492 e. The van der Waals surface area contributed by atoms with Crippen molar-refractivity contribution in [1.82, 2.24) is 4.90 Å². The van der Waals surface area contributed by atoms with E-state index in [1.807, 2.05) is 12.1 Å². The molecule has 1 saturated heterocycles. The fourth-order valence-corrected chi connectivity index (χ4v) is 3.85. The number of unbranched alkanes of at least 4 members (excludes halogenated alkanes) is 1. The summed E-state index contributed by atoms with van der Waals surface area (Å²) in [6.07, 6.45) is 3.97. The molecule has 0 bridgehead atoms. The molecule has 3 nitrogen and oxygen atoms in total. The molecule has 0 amide bonds. The molecule has 1 heterocycles. The van der Waals surface area contributed by atoms with Gasteiger partial charge in [-0.1, -0.05) is 19.8 Å². The van der Waals surface area contributed by atoms with Crippen LogP contribution in [0.15, 0.2) is 24.3 Å². The fraction of sp³-hybridized carbons (Fsp3) is 0.588. The van der Waals surface area contributed by atoms with Crippen LogP contribution in [0.2, 0.25) is 0 Å². The summed E-state index contributed by atoms with van der Waals surface area (Å²) >= 11 is 2.13. The Balaban J connectivity index is 1.68. The summed E-state index contributed by atoms with van der Waals surface area (Å²) in [7, 11) is 0. The maximum Gasteiger partial charge on any atom is 0.119 e. The number of hydrogen-bond donors (Lipinski definition) is 0. The summed E-state index contributed by atoms with van der Waals surface area (Å²) in [6.45, 7) is 6.34. The van der Waals surface area contributed by atoms with Gasteiger partial charge in [0.15, 0.2) is 0 Å². The van der Waals surface area contributed by atoms with Gasteiger partial charge in [-0.3, -0.25) is 4.90 Å². The molecule has 114 valence electrons. The zero-order chi connectivity index (χ0) is 14.9. The fourth-order valence-electron chi connectivity index (χ4n) is 2.51. The third kappa shape index (κ3) is 5.61. The Morgan fingerprint density at radius 3 is 2.90 bits per heavy atom. The molecule has 0 aliphatic carbocycles. The van der Waals surface area contributed by atoms with E-state index in [2.05, 4.69) is 29.7 Å². The zero-order valence-corrected chi connectivity index (χ0v) is 13.6. The second-order valence-electron chi connectivity index (χ2n) is 5.42. The second-order valence-corrected chi connectivity index (χ2v) is 6.83. The molecule has 21 heavy (non-hydrogen) atoms. The third-order valence-corrected chi connectivity index (χ3v) is 5.04. The molecule has 1 fully saturated rings. The van der Waals surface area contributed by atoms with E-state index in [1.165, 1.54) is 38.1 Å². The molecule has 2 rings (SSSR count). The number of hydrogen-bond acceptors (Lipinski definition) is 4. The van der Waals surface area contributed by atoms with E-state index in [0.717, 1.165) is 24.2 Å². The summed E-state index contributed by atoms with van der Waals surface area (Å²) in [5, 5.41) is 9.56. The number of nitrogens with zero attached hydrogens (tertiary/aromatic N) is 2. The lowest BCUT2D eigenvalue weighted by atomic mass is 10.2. The molecule has 0 radical (unpaired) electrons. The van der Waals surface area contributed by atoms with Crippen LogP contribution in [0.3, 0.4) is 0 Å². The van der Waals surface area contributed by atoms with Crippen molar-refractivity contribution in [3.05, 3.63) is 29.8 Å². The number of nitriles is 1. The van der Waals surface area contributed by atoms with Crippen molar-refractivity contribution in [2.75, 3.05) is 32.0 Å². The van der Waals surface area contributed by atoms with E-state index < -0.39 is 0 Å². The maximum atomic E-state index is 8.76. The van der Waals surface area contributed by atoms with E-state index in [9.17, 15) is 0 Å². The quantitative estimate of drug-likeness (QED) is 0.772. The Bertz CT molecular complexity index is 455. The van der Waals surface area contributed by atoms with Crippen LogP contribution in [-0.4, -0.2) is 42.1 Å². The lowest BCUT2D eigenvalue weighted by Gasteiger charge is -2.32. The molecule has 1 aromatic carbocycles. The molecular weight excluding hydrogens is 280 g/mol. The van der Waals surface area contributed by atoms with Crippen LogP contribution in [0.4, 0.5) is 0 Å². The first-order valence-electron chi connectivity index (χ1n) is 7.78. The molecule has 1 unspecified atom stereocenters. The van der Waals surface area contributed by atoms with Gasteiger partial charge >= 0.3 is 0 Å². The van der Waals surface area contributed by atoms with Gasteiger partial charge in [-0.25, -0.2) is 0 Å². The highest BCUT2D eigenvalue weighted by Gasteiger charge is 2.19. The van der Waals surface area contributed by atoms with Crippen molar-refractivity contribution < 1.29 is 4.74 Å². The van der Waals surface area contributed by atoms with E-state index in [0.29, 0.717) is 5.56 Å². The summed E-state index contributed by atoms with van der Waals surface area (Å²) in [5.74, 6) is 2.09. The van der Waals surface area contributed by atoms with Gasteiger partial charge in [0.25, 0.3) is 0 Å². The molecule has 4 heteroatoms. The van der Waals surface area contributed by atoms with E-state index in [1.54, 1.807) is 12.1 Å². The highest BCUT2D eigenvalue weighted by Crippen LogP contribution is 2.23. The molecular formula is C17H24N2OS. The normalized spacial score (nSPS) is 19.1. The average Bonchev–Trinajstić information content (AvgIpc) is 2.54. The molecule has 1 aromatic rings. The van der Waals surface area contributed by atoms with Gasteiger partial charge in [0.05, 0.1) is 11.6 Å². The Morgan fingerprint density at radius 2 is 2.19 bits per heavy atom. The minimum atomic E-state index is 0.675. The predicted molar refractivity (Wildman–Crippen MR) is 88.9 cm³/mol. The van der Waals surface area contributed by atoms with Crippen LogP contribution >= 0.6 is 11.8 Å². The summed E-state index contributed by atoms with van der Waals surface area (Å²) in [5.41, 5.74) is 0.675. The number of benzene rings is 1. The SMILES string of the molecule is CCCCC1CN(CCOc2ccc(C#N)cc2)CCS1. The van der Waals surface area contributed by atoms with Crippen LogP contribution < -0.4 is 4.74 Å². The number of ether oxygens (including phenoxy) is 1. The number of thioether (sulfide) groups is 1. The van der Waals surface area contributed by atoms with E-state index in [4.69, 9.17) is 10.00 Å². The summed E-state index contributed by atoms with van der Waals surface area (Å²) < 4.78 is 5.77. The van der Waals surface area contributed by atoms with Gasteiger partial charge in [0.2, 0.25) is 0 Å². The van der Waals surface area contributed by atoms with Gasteiger partial charge in [0, 0.05) is 30.6 Å². The van der Waals surface area contributed by atoms with Gasteiger partial charge in [0.1, 0.15) is 12.4 Å². The monoisotopic (exact) mass is 304 g/mol. The molecule has 0 aromatic heterocycles. The van der Waals surface area contributed by atoms with Crippen molar-refractivity contribution in [2.24, 2.45) is 0 Å². The molecule has 1 aliphatic rings. The highest BCUT2D eigenvalue weighted by atomic mass is 32.2. The third-order valence-electron chi connectivity index (χ3n) is 3.76. The second kappa shape index (κ2) is 8.96. The van der Waals surface area contributed by atoms with E-state index in [-0.39, 0.29) is 0 Å². The van der Waals surface area contributed by atoms with Crippen molar-refractivity contribution in [2.45, 2.75) is 31.4 Å². The van der Waals surface area contributed by atoms with Crippen LogP contribution in [0, 0.1) is 11.3 Å². The number of rotatable bonds is 7. The Labute approximate surface area is 132 Å². The maximum absolute atomic E-state index is 8.76. The average molecular weight is 304 g/mol. The Morgan fingerprint density at radius 1 is 1.38 bits per heavy atom. The highest BCUT2D eigenvalue weighted by molar-refractivity contribution is 8.00. The molecule has 0 spiro atoms. The topological polar surface area (TPSA) is 36.3 Å². The van der Waals surface area contributed by atoms with E-state index >= 15 is 0 Å². The van der Waals surface area contributed by atoms with Crippen molar-refractivity contribution in [3.63, 3.8) is 0 Å². The standard InChI is InChI=1S/C17H24N2OS/c1-2-3-4-17-14-19(10-12-21-17)9-11-20-16-7-5-15(13-18)6-8-16/h5-8,17H,2-4,9-12,14H2,1H3. The molecule has 0 N–H and O–H groups in total. The van der Waals surface area contributed by atoms with Crippen molar-refractivity contribution in [1.29, 1.82) is 5.26 Å². The predicted octanol–water partition coefficient (Wildman–Crippen LogP) is 3.54. The smallest absolute Gasteiger partial charge is 0.119 e. The van der Waals surface area contributed by atoms with Gasteiger partial charge in [-0.05, 0) is 30.7 Å². The first-order valence-corrected chi connectivity index (χ1v) is 8.83.